The van der Waals surface area contributed by atoms with Crippen LogP contribution in [0.15, 0.2) is 34.3 Å². The predicted molar refractivity (Wildman–Crippen MR) is 95.6 cm³/mol. The number of aromatic nitrogens is 3. The first-order chi connectivity index (χ1) is 13.1. The molecule has 0 aliphatic carbocycles. The molecule has 0 unspecified atom stereocenters. The van der Waals surface area contributed by atoms with Crippen molar-refractivity contribution in [2.24, 2.45) is 0 Å². The number of aliphatic hydroxyl groups is 2. The third kappa shape index (κ3) is 5.54. The Morgan fingerprint density at radius 2 is 1.61 bits per heavy atom. The van der Waals surface area contributed by atoms with E-state index in [0.717, 1.165) is 24.5 Å². The average molecular weight is 435 g/mol. The molecule has 0 spiro atoms. The van der Waals surface area contributed by atoms with Crippen LogP contribution < -0.4 is 10.2 Å². The Morgan fingerprint density at radius 3 is 2.14 bits per heavy atom. The van der Waals surface area contributed by atoms with Crippen LogP contribution in [0.4, 0.5) is 17.6 Å². The molecule has 0 amide bonds. The molecule has 0 aliphatic rings. The molecule has 0 saturated carbocycles. The van der Waals surface area contributed by atoms with Crippen LogP contribution in [0, 0.1) is 0 Å². The second-order valence-corrected chi connectivity index (χ2v) is 8.09. The van der Waals surface area contributed by atoms with E-state index in [-0.39, 0.29) is 38.2 Å². The van der Waals surface area contributed by atoms with E-state index in [9.17, 15) is 21.4 Å². The lowest BCUT2D eigenvalue weighted by Gasteiger charge is -2.20. The van der Waals surface area contributed by atoms with Crippen LogP contribution >= 0.6 is 0 Å². The molecule has 1 aromatic heterocycles. The average Bonchev–Trinajstić information content (AvgIpc) is 2.60. The highest BCUT2D eigenvalue weighted by molar-refractivity contribution is 7.86. The van der Waals surface area contributed by atoms with Gasteiger partial charge in [-0.3, -0.25) is 9.11 Å². The molecule has 13 nitrogen and oxygen atoms in total. The summed E-state index contributed by atoms with van der Waals surface area (Å²) >= 11 is 0. The fourth-order valence-corrected chi connectivity index (χ4v) is 3.30. The van der Waals surface area contributed by atoms with E-state index in [1.165, 1.54) is 4.90 Å². The third-order valence-corrected chi connectivity index (χ3v) is 5.12. The van der Waals surface area contributed by atoms with E-state index >= 15 is 0 Å². The summed E-state index contributed by atoms with van der Waals surface area (Å²) < 4.78 is 64.2. The predicted octanol–water partition coefficient (Wildman–Crippen LogP) is -1.10. The summed E-state index contributed by atoms with van der Waals surface area (Å²) in [5.41, 5.74) is -0.411. The number of nitrogens with zero attached hydrogens (tertiary/aromatic N) is 4. The van der Waals surface area contributed by atoms with Gasteiger partial charge in [0.2, 0.25) is 11.9 Å². The summed E-state index contributed by atoms with van der Waals surface area (Å²) in [7, 11) is -9.40. The van der Waals surface area contributed by atoms with Crippen LogP contribution in [0.25, 0.3) is 0 Å². The van der Waals surface area contributed by atoms with Gasteiger partial charge in [0.1, 0.15) is 11.2 Å². The van der Waals surface area contributed by atoms with Gasteiger partial charge in [-0.15, -0.1) is 0 Å². The molecule has 5 N–H and O–H groups in total. The van der Waals surface area contributed by atoms with Gasteiger partial charge in [0, 0.05) is 13.1 Å². The Bertz CT molecular complexity index is 1040. The topological polar surface area (TPSA) is 203 Å². The van der Waals surface area contributed by atoms with Crippen molar-refractivity contribution >= 4 is 37.8 Å². The van der Waals surface area contributed by atoms with Crippen LogP contribution in [-0.2, 0) is 20.2 Å². The number of hydrogen-bond acceptors (Lipinski definition) is 11. The van der Waals surface area contributed by atoms with Gasteiger partial charge in [-0.2, -0.15) is 21.8 Å². The molecule has 0 aliphatic heterocycles. The fourth-order valence-electron chi connectivity index (χ4n) is 2.17. The number of nitrogens with one attached hydrogen (secondary N) is 1. The Labute approximate surface area is 160 Å². The van der Waals surface area contributed by atoms with Crippen LogP contribution in [0.2, 0.25) is 0 Å². The monoisotopic (exact) mass is 435 g/mol. The summed E-state index contributed by atoms with van der Waals surface area (Å²) in [5.74, 6) is -0.178. The molecule has 2 aromatic rings. The summed E-state index contributed by atoms with van der Waals surface area (Å²) in [6, 6.07) is 2.36. The van der Waals surface area contributed by atoms with Crippen molar-refractivity contribution in [1.29, 1.82) is 0 Å². The maximum absolute atomic E-state index is 11.5. The molecule has 15 heteroatoms. The van der Waals surface area contributed by atoms with Crippen LogP contribution in [-0.4, -0.2) is 77.4 Å². The lowest BCUT2D eigenvalue weighted by molar-refractivity contribution is 0.280. The van der Waals surface area contributed by atoms with Gasteiger partial charge in [-0.1, -0.05) is 0 Å². The van der Waals surface area contributed by atoms with Crippen molar-refractivity contribution in [1.82, 2.24) is 15.0 Å². The molecule has 0 fully saturated rings. The van der Waals surface area contributed by atoms with Crippen molar-refractivity contribution in [3.05, 3.63) is 24.5 Å². The Kier molecular flexibility index (Phi) is 6.81. The Balaban J connectivity index is 2.48. The fraction of sp³-hybridized carbons (Fsp3) is 0.308. The zero-order valence-corrected chi connectivity index (χ0v) is 15.8. The molecule has 0 bridgehead atoms. The summed E-state index contributed by atoms with van der Waals surface area (Å²) in [4.78, 5) is 11.8. The van der Waals surface area contributed by atoms with Crippen LogP contribution in [0.1, 0.15) is 0 Å². The molecule has 1 aromatic carbocycles. The van der Waals surface area contributed by atoms with Gasteiger partial charge >= 0.3 is 0 Å². The summed E-state index contributed by atoms with van der Waals surface area (Å²) in [6.45, 7) is -0.313. The molecule has 2 rings (SSSR count). The molecular formula is C13H17N5O8S2. The quantitative estimate of drug-likeness (QED) is 0.297. The van der Waals surface area contributed by atoms with Crippen molar-refractivity contribution in [2.75, 3.05) is 36.5 Å². The van der Waals surface area contributed by atoms with Gasteiger partial charge in [-0.05, 0) is 18.2 Å². The minimum atomic E-state index is -4.75. The summed E-state index contributed by atoms with van der Waals surface area (Å²) in [6.07, 6.45) is 1.06. The largest absolute Gasteiger partial charge is 0.395 e. The highest BCUT2D eigenvalue weighted by Crippen LogP contribution is 2.27. The maximum Gasteiger partial charge on any atom is 0.296 e. The zero-order valence-electron chi connectivity index (χ0n) is 14.2. The molecule has 154 valence electrons. The Hall–Kier alpha value is -2.43. The van der Waals surface area contributed by atoms with E-state index < -0.39 is 35.7 Å². The van der Waals surface area contributed by atoms with Crippen molar-refractivity contribution in [3.63, 3.8) is 0 Å². The Morgan fingerprint density at radius 1 is 0.964 bits per heavy atom. The van der Waals surface area contributed by atoms with E-state index in [1.54, 1.807) is 0 Å². The first kappa shape index (κ1) is 21.9. The molecule has 0 saturated heterocycles. The second-order valence-electron chi connectivity index (χ2n) is 5.28. The molecule has 28 heavy (non-hydrogen) atoms. The highest BCUT2D eigenvalue weighted by Gasteiger charge is 2.21. The first-order valence-electron chi connectivity index (χ1n) is 7.58. The molecule has 0 radical (unpaired) electrons. The first-order valence-corrected chi connectivity index (χ1v) is 10.5. The van der Waals surface area contributed by atoms with E-state index in [0.29, 0.717) is 0 Å². The molecule has 1 heterocycles. The van der Waals surface area contributed by atoms with E-state index in [1.807, 2.05) is 0 Å². The number of benzene rings is 1. The van der Waals surface area contributed by atoms with Crippen LogP contribution in [0.3, 0.4) is 0 Å². The van der Waals surface area contributed by atoms with Crippen molar-refractivity contribution in [3.8, 4) is 0 Å². The second kappa shape index (κ2) is 8.72. The minimum absolute atomic E-state index is 0.0416. The third-order valence-electron chi connectivity index (χ3n) is 3.36. The number of rotatable bonds is 9. The number of hydrogen-bond donors (Lipinski definition) is 5. The van der Waals surface area contributed by atoms with E-state index in [2.05, 4.69) is 20.3 Å². The molecule has 0 atom stereocenters. The SMILES string of the molecule is O=S(=O)(O)c1ccc(S(=O)(=O)O)c(Nc2ncnc(N(CCO)CCO)n2)c1. The maximum atomic E-state index is 11.5. The van der Waals surface area contributed by atoms with Crippen molar-refractivity contribution in [2.45, 2.75) is 9.79 Å². The van der Waals surface area contributed by atoms with Gasteiger partial charge in [-0.25, -0.2) is 9.97 Å². The zero-order chi connectivity index (χ0) is 20.9. The van der Waals surface area contributed by atoms with Gasteiger partial charge in [0.15, 0.2) is 0 Å². The van der Waals surface area contributed by atoms with Gasteiger partial charge in [0.25, 0.3) is 20.2 Å². The normalized spacial score (nSPS) is 12.0. The highest BCUT2D eigenvalue weighted by atomic mass is 32.2. The molecular weight excluding hydrogens is 418 g/mol. The minimum Gasteiger partial charge on any atom is -0.395 e. The lowest BCUT2D eigenvalue weighted by Crippen LogP contribution is -2.31. The number of aliphatic hydroxyl groups excluding tert-OH is 2. The van der Waals surface area contributed by atoms with E-state index in [4.69, 9.17) is 14.8 Å². The van der Waals surface area contributed by atoms with Gasteiger partial charge in [0.05, 0.1) is 23.8 Å². The lowest BCUT2D eigenvalue weighted by atomic mass is 10.3. The van der Waals surface area contributed by atoms with Gasteiger partial charge < -0.3 is 20.4 Å². The van der Waals surface area contributed by atoms with Crippen LogP contribution in [0.5, 0.6) is 0 Å². The standard InChI is InChI=1S/C13H17N5O8S2/c19-5-3-18(4-6-20)13-15-8-14-12(17-13)16-10-7-9(27(21,22)23)1-2-11(10)28(24,25)26/h1-2,7-8,19-20H,3-6H2,(H,21,22,23)(H,24,25,26)(H,14,15,16,17). The van der Waals surface area contributed by atoms with Crippen molar-refractivity contribution < 1.29 is 36.2 Å². The number of anilines is 3. The smallest absolute Gasteiger partial charge is 0.296 e. The summed E-state index contributed by atoms with van der Waals surface area (Å²) in [5, 5.41) is 20.6.